The first-order valence-corrected chi connectivity index (χ1v) is 12.1. The van der Waals surface area contributed by atoms with E-state index in [1.165, 1.54) is 16.4 Å². The zero-order valence-corrected chi connectivity index (χ0v) is 20.6. The summed E-state index contributed by atoms with van der Waals surface area (Å²) in [6.45, 7) is 3.78. The number of rotatable bonds is 7. The number of carbonyl (C=O) groups excluding carboxylic acids is 2. The van der Waals surface area contributed by atoms with E-state index in [0.717, 1.165) is 10.5 Å². The molecule has 3 aromatic carbocycles. The van der Waals surface area contributed by atoms with Gasteiger partial charge in [-0.25, -0.2) is 4.68 Å². The molecule has 0 saturated carbocycles. The van der Waals surface area contributed by atoms with E-state index < -0.39 is 5.91 Å². The Morgan fingerprint density at radius 1 is 0.886 bits per heavy atom. The zero-order chi connectivity index (χ0) is 24.9. The molecule has 0 fully saturated rings. The van der Waals surface area contributed by atoms with Crippen LogP contribution in [0.1, 0.15) is 21.6 Å². The molecule has 4 aromatic rings. The van der Waals surface area contributed by atoms with Gasteiger partial charge in [-0.15, -0.1) is 11.8 Å². The van der Waals surface area contributed by atoms with Crippen LogP contribution in [-0.2, 0) is 11.8 Å². The van der Waals surface area contributed by atoms with E-state index in [1.807, 2.05) is 61.5 Å². The number of aryl methyl sites for hydroxylation is 1. The fourth-order valence-corrected chi connectivity index (χ4v) is 4.52. The molecule has 2 N–H and O–H groups in total. The number of aromatic nitrogens is 2. The minimum Gasteiger partial charge on any atom is -0.325 e. The van der Waals surface area contributed by atoms with Crippen molar-refractivity contribution >= 4 is 35.0 Å². The minimum absolute atomic E-state index is 0.166. The maximum atomic E-state index is 13.1. The van der Waals surface area contributed by atoms with Crippen LogP contribution in [0.2, 0.25) is 0 Å². The van der Waals surface area contributed by atoms with Crippen LogP contribution in [-0.4, -0.2) is 26.9 Å². The number of nitrogens with zero attached hydrogens (tertiary/aromatic N) is 2. The lowest BCUT2D eigenvalue weighted by molar-refractivity contribution is -0.113. The number of thioether (sulfide) groups is 1. The van der Waals surface area contributed by atoms with Gasteiger partial charge in [0.25, 0.3) is 11.5 Å². The van der Waals surface area contributed by atoms with Crippen LogP contribution in [0.25, 0.3) is 5.69 Å². The third kappa shape index (κ3) is 5.38. The molecule has 35 heavy (non-hydrogen) atoms. The van der Waals surface area contributed by atoms with Crippen molar-refractivity contribution in [1.29, 1.82) is 0 Å². The summed E-state index contributed by atoms with van der Waals surface area (Å²) in [6.07, 6.45) is 0. The molecule has 1 heterocycles. The van der Waals surface area contributed by atoms with Crippen LogP contribution in [0.3, 0.4) is 0 Å². The highest BCUT2D eigenvalue weighted by Gasteiger charge is 2.19. The molecular formula is C27H26N4O3S. The predicted molar refractivity (Wildman–Crippen MR) is 141 cm³/mol. The van der Waals surface area contributed by atoms with Crippen LogP contribution in [0, 0.1) is 13.8 Å². The van der Waals surface area contributed by atoms with Crippen LogP contribution in [0.15, 0.2) is 88.6 Å². The summed E-state index contributed by atoms with van der Waals surface area (Å²) in [4.78, 5) is 39.6. The Morgan fingerprint density at radius 2 is 1.60 bits per heavy atom. The lowest BCUT2D eigenvalue weighted by Crippen LogP contribution is -2.23. The number of carbonyl (C=O) groups is 2. The summed E-state index contributed by atoms with van der Waals surface area (Å²) in [6, 6.07) is 23.8. The molecule has 0 radical (unpaired) electrons. The normalized spacial score (nSPS) is 10.7. The Kier molecular flexibility index (Phi) is 7.22. The summed E-state index contributed by atoms with van der Waals surface area (Å²) >= 11 is 1.46. The molecule has 0 atom stereocenters. The molecule has 8 heteroatoms. The van der Waals surface area contributed by atoms with E-state index >= 15 is 0 Å². The highest BCUT2D eigenvalue weighted by molar-refractivity contribution is 8.00. The summed E-state index contributed by atoms with van der Waals surface area (Å²) in [5.41, 5.74) is 3.20. The van der Waals surface area contributed by atoms with Crippen LogP contribution >= 0.6 is 11.8 Å². The lowest BCUT2D eigenvalue weighted by Gasteiger charge is -2.09. The van der Waals surface area contributed by atoms with Gasteiger partial charge in [-0.1, -0.05) is 42.5 Å². The Hall–Kier alpha value is -4.04. The first kappa shape index (κ1) is 24.1. The SMILES string of the molecule is Cc1ccccc1SCC(=O)Nc1cccc(C(=O)Nc2c(C)n(C)n(-c3ccccc3)c2=O)c1. The number of amides is 2. The van der Waals surface area contributed by atoms with Crippen LogP contribution in [0.4, 0.5) is 11.4 Å². The second-order valence-electron chi connectivity index (χ2n) is 8.07. The van der Waals surface area contributed by atoms with Crippen molar-refractivity contribution in [3.05, 3.63) is 106 Å². The van der Waals surface area contributed by atoms with Crippen LogP contribution in [0.5, 0.6) is 0 Å². The smallest absolute Gasteiger partial charge is 0.295 e. The van der Waals surface area contributed by atoms with E-state index in [4.69, 9.17) is 0 Å². The number of benzene rings is 3. The second kappa shape index (κ2) is 10.5. The van der Waals surface area contributed by atoms with Crippen molar-refractivity contribution in [3.8, 4) is 5.69 Å². The van der Waals surface area contributed by atoms with Crippen molar-refractivity contribution in [2.45, 2.75) is 18.7 Å². The number of anilines is 2. The topological polar surface area (TPSA) is 85.1 Å². The molecule has 7 nitrogen and oxygen atoms in total. The van der Waals surface area contributed by atoms with Crippen molar-refractivity contribution in [2.75, 3.05) is 16.4 Å². The van der Waals surface area contributed by atoms with E-state index in [2.05, 4.69) is 10.6 Å². The fourth-order valence-electron chi connectivity index (χ4n) is 3.69. The molecule has 0 aliphatic rings. The largest absolute Gasteiger partial charge is 0.325 e. The van der Waals surface area contributed by atoms with Crippen molar-refractivity contribution < 1.29 is 9.59 Å². The molecule has 0 unspecified atom stereocenters. The van der Waals surface area contributed by atoms with Gasteiger partial charge in [0.15, 0.2) is 0 Å². The second-order valence-corrected chi connectivity index (χ2v) is 9.09. The van der Waals surface area contributed by atoms with Gasteiger partial charge in [-0.2, -0.15) is 0 Å². The van der Waals surface area contributed by atoms with Gasteiger partial charge < -0.3 is 10.6 Å². The van der Waals surface area contributed by atoms with Gasteiger partial charge in [0.1, 0.15) is 5.69 Å². The summed E-state index contributed by atoms with van der Waals surface area (Å²) in [5, 5.41) is 5.59. The number of para-hydroxylation sites is 1. The minimum atomic E-state index is -0.429. The average molecular weight is 487 g/mol. The first-order valence-electron chi connectivity index (χ1n) is 11.1. The predicted octanol–water partition coefficient (Wildman–Crippen LogP) is 4.78. The maximum Gasteiger partial charge on any atom is 0.295 e. The summed E-state index contributed by atoms with van der Waals surface area (Å²) in [7, 11) is 1.77. The van der Waals surface area contributed by atoms with Gasteiger partial charge in [-0.05, 0) is 55.8 Å². The molecule has 2 amide bonds. The summed E-state index contributed by atoms with van der Waals surface area (Å²) in [5.74, 6) is -0.342. The first-order chi connectivity index (χ1) is 16.8. The van der Waals surface area contributed by atoms with Gasteiger partial charge >= 0.3 is 0 Å². The van der Waals surface area contributed by atoms with Crippen molar-refractivity contribution in [3.63, 3.8) is 0 Å². The molecular weight excluding hydrogens is 460 g/mol. The molecule has 0 spiro atoms. The zero-order valence-electron chi connectivity index (χ0n) is 19.7. The number of hydrogen-bond acceptors (Lipinski definition) is 4. The average Bonchev–Trinajstić information content (AvgIpc) is 3.07. The van der Waals surface area contributed by atoms with Gasteiger partial charge in [-0.3, -0.25) is 19.1 Å². The van der Waals surface area contributed by atoms with Gasteiger partial charge in [0.05, 0.1) is 17.1 Å². The van der Waals surface area contributed by atoms with Gasteiger partial charge in [0.2, 0.25) is 5.91 Å². The van der Waals surface area contributed by atoms with Crippen molar-refractivity contribution in [1.82, 2.24) is 9.36 Å². The Bertz CT molecular complexity index is 1440. The van der Waals surface area contributed by atoms with Crippen molar-refractivity contribution in [2.24, 2.45) is 7.05 Å². The maximum absolute atomic E-state index is 13.1. The monoisotopic (exact) mass is 486 g/mol. The summed E-state index contributed by atoms with van der Waals surface area (Å²) < 4.78 is 3.21. The quantitative estimate of drug-likeness (QED) is 0.368. The fraction of sp³-hybridized carbons (Fsp3) is 0.148. The van der Waals surface area contributed by atoms with E-state index in [9.17, 15) is 14.4 Å². The number of nitrogens with one attached hydrogen (secondary N) is 2. The Morgan fingerprint density at radius 3 is 2.34 bits per heavy atom. The van der Waals surface area contributed by atoms with Crippen LogP contribution < -0.4 is 16.2 Å². The molecule has 178 valence electrons. The highest BCUT2D eigenvalue weighted by atomic mass is 32.2. The van der Waals surface area contributed by atoms with E-state index in [1.54, 1.807) is 42.9 Å². The molecule has 0 bridgehead atoms. The molecule has 1 aromatic heterocycles. The van der Waals surface area contributed by atoms with E-state index in [0.29, 0.717) is 22.6 Å². The Labute approximate surface area is 207 Å². The third-order valence-corrected chi connectivity index (χ3v) is 6.83. The molecule has 0 aliphatic heterocycles. The Balaban J connectivity index is 1.46. The van der Waals surface area contributed by atoms with E-state index in [-0.39, 0.29) is 22.9 Å². The molecule has 0 aliphatic carbocycles. The number of hydrogen-bond donors (Lipinski definition) is 2. The molecule has 4 rings (SSSR count). The lowest BCUT2D eigenvalue weighted by atomic mass is 10.2. The molecule has 0 saturated heterocycles. The standard InChI is InChI=1S/C27H26N4O3S/c1-18-10-7-8-15-23(18)35-17-24(32)28-21-12-9-11-20(16-21)26(33)29-25-19(2)30(3)31(27(25)34)22-13-5-4-6-14-22/h4-16H,17H2,1-3H3,(H,28,32)(H,29,33). The van der Waals surface area contributed by atoms with Gasteiger partial charge in [0, 0.05) is 23.2 Å². The third-order valence-electron chi connectivity index (χ3n) is 5.65. The highest BCUT2D eigenvalue weighted by Crippen LogP contribution is 2.22.